The number of hydrogen-bond acceptors (Lipinski definition) is 2. The second-order valence-electron chi connectivity index (χ2n) is 4.70. The molecule has 3 rings (SSSR count). The first-order valence-electron chi connectivity index (χ1n) is 5.58. The van der Waals surface area contributed by atoms with Gasteiger partial charge in [-0.3, -0.25) is 4.79 Å². The van der Waals surface area contributed by atoms with E-state index in [2.05, 4.69) is 0 Å². The van der Waals surface area contributed by atoms with Gasteiger partial charge in [-0.15, -0.1) is 0 Å². The van der Waals surface area contributed by atoms with Crippen LogP contribution in [0.15, 0.2) is 18.2 Å². The first kappa shape index (κ1) is 8.96. The molecule has 1 N–H and O–H groups in total. The molecule has 1 saturated carbocycles. The molecule has 2 nitrogen and oxygen atoms in total. The Labute approximate surface area is 88.9 Å². The lowest BCUT2D eigenvalue weighted by atomic mass is 9.57. The normalized spacial score (nSPS) is 22.3. The van der Waals surface area contributed by atoms with Crippen LogP contribution in [0.5, 0.6) is 5.75 Å². The molecule has 1 aromatic carbocycles. The fourth-order valence-electron chi connectivity index (χ4n) is 2.94. The second-order valence-corrected chi connectivity index (χ2v) is 4.70. The zero-order valence-corrected chi connectivity index (χ0v) is 8.62. The molecule has 0 atom stereocenters. The highest BCUT2D eigenvalue weighted by molar-refractivity contribution is 5.93. The number of ketones is 1. The highest BCUT2D eigenvalue weighted by atomic mass is 16.3. The molecule has 0 heterocycles. The fourth-order valence-corrected chi connectivity index (χ4v) is 2.94. The third-order valence-corrected chi connectivity index (χ3v) is 3.97. The predicted octanol–water partition coefficient (Wildman–Crippen LogP) is 2.33. The van der Waals surface area contributed by atoms with Crippen LogP contribution in [0.2, 0.25) is 0 Å². The van der Waals surface area contributed by atoms with Crippen LogP contribution in [0, 0.1) is 0 Å². The predicted molar refractivity (Wildman–Crippen MR) is 57.0 cm³/mol. The third-order valence-electron chi connectivity index (χ3n) is 3.97. The van der Waals surface area contributed by atoms with Crippen LogP contribution < -0.4 is 0 Å². The van der Waals surface area contributed by atoms with Gasteiger partial charge in [0.1, 0.15) is 11.5 Å². The standard InChI is InChI=1S/C13H14O2/c14-10-4-2-9-3-5-12(15)13(6-1-7-13)11(9)8-10/h2,4,8,14H,1,3,5-7H2. The Morgan fingerprint density at radius 3 is 2.67 bits per heavy atom. The summed E-state index contributed by atoms with van der Waals surface area (Å²) in [6, 6.07) is 5.49. The van der Waals surface area contributed by atoms with Crippen molar-refractivity contribution in [2.45, 2.75) is 37.5 Å². The summed E-state index contributed by atoms with van der Waals surface area (Å²) in [5.41, 5.74) is 2.14. The van der Waals surface area contributed by atoms with Crippen LogP contribution in [0.1, 0.15) is 36.8 Å². The molecule has 1 spiro atoms. The number of Topliss-reactive ketones (excluding diaryl/α,β-unsaturated/α-hetero) is 1. The minimum atomic E-state index is -0.216. The molecule has 0 bridgehead atoms. The average molecular weight is 202 g/mol. The Kier molecular flexibility index (Phi) is 1.70. The Bertz CT molecular complexity index is 430. The van der Waals surface area contributed by atoms with Gasteiger partial charge in [0.15, 0.2) is 0 Å². The maximum atomic E-state index is 12.0. The smallest absolute Gasteiger partial charge is 0.143 e. The van der Waals surface area contributed by atoms with E-state index in [0.29, 0.717) is 12.2 Å². The van der Waals surface area contributed by atoms with E-state index in [1.807, 2.05) is 6.07 Å². The van der Waals surface area contributed by atoms with Crippen molar-refractivity contribution in [2.75, 3.05) is 0 Å². The minimum Gasteiger partial charge on any atom is -0.508 e. The van der Waals surface area contributed by atoms with E-state index in [1.165, 1.54) is 5.56 Å². The van der Waals surface area contributed by atoms with Gasteiger partial charge < -0.3 is 5.11 Å². The van der Waals surface area contributed by atoms with Gasteiger partial charge >= 0.3 is 0 Å². The van der Waals surface area contributed by atoms with Gasteiger partial charge in [-0.1, -0.05) is 12.5 Å². The maximum absolute atomic E-state index is 12.0. The summed E-state index contributed by atoms with van der Waals surface area (Å²) in [6.07, 6.45) is 4.61. The first-order chi connectivity index (χ1) is 7.22. The van der Waals surface area contributed by atoms with E-state index in [1.54, 1.807) is 12.1 Å². The summed E-state index contributed by atoms with van der Waals surface area (Å²) >= 11 is 0. The number of aryl methyl sites for hydroxylation is 1. The number of hydrogen-bond donors (Lipinski definition) is 1. The number of aromatic hydroxyl groups is 1. The van der Waals surface area contributed by atoms with Gasteiger partial charge in [0.05, 0.1) is 5.41 Å². The number of phenolic OH excluding ortho intramolecular Hbond substituents is 1. The van der Waals surface area contributed by atoms with E-state index in [4.69, 9.17) is 0 Å². The highest BCUT2D eigenvalue weighted by Gasteiger charge is 2.47. The average Bonchev–Trinajstić information content (AvgIpc) is 2.14. The van der Waals surface area contributed by atoms with E-state index in [0.717, 1.165) is 31.2 Å². The van der Waals surface area contributed by atoms with Crippen molar-refractivity contribution in [1.29, 1.82) is 0 Å². The largest absolute Gasteiger partial charge is 0.508 e. The van der Waals surface area contributed by atoms with Crippen LogP contribution in [-0.2, 0) is 16.6 Å². The summed E-state index contributed by atoms with van der Waals surface area (Å²) in [5, 5.41) is 9.52. The van der Waals surface area contributed by atoms with Crippen molar-refractivity contribution in [2.24, 2.45) is 0 Å². The van der Waals surface area contributed by atoms with E-state index < -0.39 is 0 Å². The SMILES string of the molecule is O=C1CCc2ccc(O)cc2C12CCC2. The molecule has 1 fully saturated rings. The Balaban J connectivity index is 2.18. The molecule has 1 aromatic rings. The van der Waals surface area contributed by atoms with Crippen LogP contribution in [0.25, 0.3) is 0 Å². The molecule has 2 heteroatoms. The van der Waals surface area contributed by atoms with Crippen LogP contribution in [0.4, 0.5) is 0 Å². The van der Waals surface area contributed by atoms with Gasteiger partial charge in [-0.2, -0.15) is 0 Å². The molecule has 2 aliphatic carbocycles. The van der Waals surface area contributed by atoms with Gasteiger partial charge in [0.2, 0.25) is 0 Å². The van der Waals surface area contributed by atoms with Crippen molar-refractivity contribution in [3.8, 4) is 5.75 Å². The number of carbonyl (C=O) groups is 1. The third kappa shape index (κ3) is 1.08. The van der Waals surface area contributed by atoms with Gasteiger partial charge in [-0.25, -0.2) is 0 Å². The topological polar surface area (TPSA) is 37.3 Å². The summed E-state index contributed by atoms with van der Waals surface area (Å²) in [7, 11) is 0. The van der Waals surface area contributed by atoms with E-state index >= 15 is 0 Å². The van der Waals surface area contributed by atoms with Crippen LogP contribution in [-0.4, -0.2) is 10.9 Å². The molecule has 0 saturated heterocycles. The molecule has 0 aromatic heterocycles. The minimum absolute atomic E-state index is 0.216. The molecule has 15 heavy (non-hydrogen) atoms. The lowest BCUT2D eigenvalue weighted by Crippen LogP contribution is -2.45. The summed E-state index contributed by atoms with van der Waals surface area (Å²) in [6.45, 7) is 0. The molecule has 0 radical (unpaired) electrons. The molecule has 0 unspecified atom stereocenters. The zero-order chi connectivity index (χ0) is 10.5. The van der Waals surface area contributed by atoms with E-state index in [-0.39, 0.29) is 11.2 Å². The van der Waals surface area contributed by atoms with Crippen molar-refractivity contribution in [3.05, 3.63) is 29.3 Å². The Morgan fingerprint density at radius 2 is 2.00 bits per heavy atom. The zero-order valence-electron chi connectivity index (χ0n) is 8.62. The number of fused-ring (bicyclic) bond motifs is 2. The van der Waals surface area contributed by atoms with Crippen LogP contribution in [0.3, 0.4) is 0 Å². The van der Waals surface area contributed by atoms with Gasteiger partial charge in [0.25, 0.3) is 0 Å². The second kappa shape index (κ2) is 2.84. The van der Waals surface area contributed by atoms with Crippen molar-refractivity contribution < 1.29 is 9.90 Å². The summed E-state index contributed by atoms with van der Waals surface area (Å²) in [4.78, 5) is 12.0. The summed E-state index contributed by atoms with van der Waals surface area (Å²) < 4.78 is 0. The molecular weight excluding hydrogens is 188 g/mol. The quantitative estimate of drug-likeness (QED) is 0.701. The number of carbonyl (C=O) groups excluding carboxylic acids is 1. The Hall–Kier alpha value is -1.31. The fraction of sp³-hybridized carbons (Fsp3) is 0.462. The molecular formula is C13H14O2. The van der Waals surface area contributed by atoms with Crippen molar-refractivity contribution >= 4 is 5.78 Å². The lowest BCUT2D eigenvalue weighted by molar-refractivity contribution is -0.128. The molecule has 2 aliphatic rings. The van der Waals surface area contributed by atoms with E-state index in [9.17, 15) is 9.90 Å². The summed E-state index contributed by atoms with van der Waals surface area (Å²) in [5.74, 6) is 0.668. The lowest BCUT2D eigenvalue weighted by Gasteiger charge is -2.44. The Morgan fingerprint density at radius 1 is 1.20 bits per heavy atom. The number of rotatable bonds is 0. The maximum Gasteiger partial charge on any atom is 0.143 e. The van der Waals surface area contributed by atoms with Gasteiger partial charge in [0, 0.05) is 6.42 Å². The molecule has 0 aliphatic heterocycles. The molecule has 78 valence electrons. The number of phenols is 1. The van der Waals surface area contributed by atoms with Crippen LogP contribution >= 0.6 is 0 Å². The highest BCUT2D eigenvalue weighted by Crippen LogP contribution is 2.49. The first-order valence-corrected chi connectivity index (χ1v) is 5.58. The van der Waals surface area contributed by atoms with Crippen molar-refractivity contribution in [1.82, 2.24) is 0 Å². The van der Waals surface area contributed by atoms with Crippen molar-refractivity contribution in [3.63, 3.8) is 0 Å². The van der Waals surface area contributed by atoms with Gasteiger partial charge in [-0.05, 0) is 42.5 Å². The molecule has 0 amide bonds. The number of benzene rings is 1. The monoisotopic (exact) mass is 202 g/mol.